The van der Waals surface area contributed by atoms with Gasteiger partial charge < -0.3 is 47.9 Å². The maximum Gasteiger partial charge on any atom is 0.254 e. The van der Waals surface area contributed by atoms with Crippen molar-refractivity contribution in [1.29, 1.82) is 0 Å². The topological polar surface area (TPSA) is 265 Å². The van der Waals surface area contributed by atoms with Crippen molar-refractivity contribution >= 4 is 87.7 Å². The number of rotatable bonds is 15. The lowest BCUT2D eigenvalue weighted by atomic mass is 9.88. The molecule has 0 bridgehead atoms. The Labute approximate surface area is 605 Å². The number of nitrogens with one attached hydrogen (secondary N) is 3. The molecular formula is C78H78Cl3F3N12O6. The van der Waals surface area contributed by atoms with Crippen LogP contribution >= 0.6 is 34.8 Å². The minimum absolute atomic E-state index is 0.0402. The lowest BCUT2D eigenvalue weighted by Gasteiger charge is -2.29. The minimum atomic E-state index is -0.660. The molecule has 6 atom stereocenters. The van der Waals surface area contributed by atoms with Crippen molar-refractivity contribution < 1.29 is 41.9 Å². The Bertz CT molecular complexity index is 4210. The summed E-state index contributed by atoms with van der Waals surface area (Å²) in [5.74, 6) is -2.40. The number of nitrogens with two attached hydrogens (primary N) is 3. The summed E-state index contributed by atoms with van der Waals surface area (Å²) >= 11 is 18.1. The van der Waals surface area contributed by atoms with E-state index in [1.54, 1.807) is 127 Å². The van der Waals surface area contributed by atoms with Crippen LogP contribution in [0.3, 0.4) is 0 Å². The molecule has 9 N–H and O–H groups in total. The van der Waals surface area contributed by atoms with Crippen LogP contribution in [0.15, 0.2) is 164 Å². The number of anilines is 3. The van der Waals surface area contributed by atoms with Crippen molar-refractivity contribution in [2.45, 2.75) is 95.2 Å². The summed E-state index contributed by atoms with van der Waals surface area (Å²) in [5, 5.41) is 10.1. The number of aromatic nitrogens is 3. The molecule has 0 radical (unpaired) electrons. The van der Waals surface area contributed by atoms with Gasteiger partial charge in [-0.2, -0.15) is 0 Å². The second-order valence-electron chi connectivity index (χ2n) is 26.0. The van der Waals surface area contributed by atoms with Crippen LogP contribution in [0.4, 0.5) is 30.6 Å². The molecule has 18 nitrogen and oxygen atoms in total. The Kier molecular flexibility index (Phi) is 24.0. The summed E-state index contributed by atoms with van der Waals surface area (Å²) < 4.78 is 45.0. The molecule has 3 aliphatic rings. The number of carbonyl (C=O) groups is 6. The zero-order chi connectivity index (χ0) is 73.2. The summed E-state index contributed by atoms with van der Waals surface area (Å²) in [6.45, 7) is 7.45. The molecule has 102 heavy (non-hydrogen) atoms. The van der Waals surface area contributed by atoms with Crippen molar-refractivity contribution in [3.05, 3.63) is 247 Å². The summed E-state index contributed by atoms with van der Waals surface area (Å²) in [4.78, 5) is 92.5. The Morgan fingerprint density at radius 1 is 0.422 bits per heavy atom. The van der Waals surface area contributed by atoms with Crippen molar-refractivity contribution in [2.24, 2.45) is 0 Å². The third kappa shape index (κ3) is 18.2. The standard InChI is InChI=1S/3C26H26ClFN4O2/c3*1-15(16-4-3-5-20(27)10-16)31-26(34)21-7-6-18(12-23(21)28)22-11-19(14-30-25(22)29)17-8-9-32(2)24(33)13-17/h3*3-7,10-12,14-15,17H,8-9,13H2,1-2H3,(H2,29,30)(H,31,34)/t15-,17?;15-,17+;15-,17-/m111/s1. The summed E-state index contributed by atoms with van der Waals surface area (Å²) in [5.41, 5.74) is 26.5. The van der Waals surface area contributed by atoms with E-state index >= 15 is 0 Å². The van der Waals surface area contributed by atoms with Crippen LogP contribution in [-0.4, -0.2) is 106 Å². The summed E-state index contributed by atoms with van der Waals surface area (Å²) in [6.07, 6.45) is 8.72. The van der Waals surface area contributed by atoms with Gasteiger partial charge in [-0.3, -0.25) is 28.8 Å². The van der Waals surface area contributed by atoms with Crippen LogP contribution < -0.4 is 33.2 Å². The summed E-state index contributed by atoms with van der Waals surface area (Å²) in [6, 6.07) is 39.1. The number of nitrogen functional groups attached to an aromatic ring is 3. The van der Waals surface area contributed by atoms with E-state index in [1.807, 2.05) is 57.2 Å². The number of carbonyl (C=O) groups excluding carboxylic acids is 6. The van der Waals surface area contributed by atoms with Gasteiger partial charge in [0.1, 0.15) is 34.9 Å². The van der Waals surface area contributed by atoms with Gasteiger partial charge in [0.15, 0.2) is 0 Å². The highest BCUT2D eigenvalue weighted by Gasteiger charge is 2.30. The molecule has 6 amide bonds. The quantitative estimate of drug-likeness (QED) is 0.0560. The van der Waals surface area contributed by atoms with E-state index in [1.165, 1.54) is 36.4 Å². The number of pyridine rings is 3. The molecular weight excluding hydrogens is 1360 g/mol. The van der Waals surface area contributed by atoms with Crippen LogP contribution in [0.2, 0.25) is 15.1 Å². The normalized spacial score (nSPS) is 16.9. The molecule has 24 heteroatoms. The smallest absolute Gasteiger partial charge is 0.254 e. The molecule has 6 aromatic carbocycles. The van der Waals surface area contributed by atoms with Crippen molar-refractivity contribution in [3.63, 3.8) is 0 Å². The highest BCUT2D eigenvalue weighted by Crippen LogP contribution is 2.38. The second kappa shape index (κ2) is 33.0. The Morgan fingerprint density at radius 3 is 0.922 bits per heavy atom. The molecule has 3 aliphatic heterocycles. The van der Waals surface area contributed by atoms with E-state index in [0.717, 1.165) is 52.6 Å². The number of amides is 6. The van der Waals surface area contributed by atoms with E-state index in [4.69, 9.17) is 52.0 Å². The van der Waals surface area contributed by atoms with Crippen LogP contribution in [0.1, 0.15) is 160 Å². The fourth-order valence-corrected chi connectivity index (χ4v) is 13.1. The monoisotopic (exact) mass is 1440 g/mol. The molecule has 3 aromatic heterocycles. The van der Waals surface area contributed by atoms with Gasteiger partial charge in [0.25, 0.3) is 17.7 Å². The first kappa shape index (κ1) is 74.3. The maximum atomic E-state index is 15.0. The lowest BCUT2D eigenvalue weighted by Crippen LogP contribution is -2.34. The van der Waals surface area contributed by atoms with E-state index < -0.39 is 35.2 Å². The van der Waals surface area contributed by atoms with Crippen molar-refractivity contribution in [1.82, 2.24) is 45.6 Å². The fourth-order valence-electron chi connectivity index (χ4n) is 12.5. The minimum Gasteiger partial charge on any atom is -0.383 e. The summed E-state index contributed by atoms with van der Waals surface area (Å²) in [7, 11) is 5.38. The van der Waals surface area contributed by atoms with Crippen LogP contribution in [0, 0.1) is 17.5 Å². The van der Waals surface area contributed by atoms with Gasteiger partial charge in [-0.25, -0.2) is 28.1 Å². The average molecular weight is 1440 g/mol. The van der Waals surface area contributed by atoms with Crippen LogP contribution in [-0.2, 0) is 14.4 Å². The highest BCUT2D eigenvalue weighted by atomic mass is 35.5. The number of benzene rings is 6. The van der Waals surface area contributed by atoms with Crippen LogP contribution in [0.5, 0.6) is 0 Å². The number of halogens is 6. The van der Waals surface area contributed by atoms with Crippen molar-refractivity contribution in [3.8, 4) is 33.4 Å². The Balaban J connectivity index is 0.000000165. The highest BCUT2D eigenvalue weighted by molar-refractivity contribution is 6.31. The maximum absolute atomic E-state index is 15.0. The zero-order valence-electron chi connectivity index (χ0n) is 57.0. The molecule has 9 aromatic rings. The van der Waals surface area contributed by atoms with E-state index in [0.29, 0.717) is 87.3 Å². The van der Waals surface area contributed by atoms with Gasteiger partial charge in [-0.05, 0) is 199 Å². The predicted octanol–water partition coefficient (Wildman–Crippen LogP) is 14.9. The molecule has 1 unspecified atom stereocenters. The van der Waals surface area contributed by atoms with Gasteiger partial charge in [-0.1, -0.05) is 89.4 Å². The molecule has 6 heterocycles. The third-order valence-corrected chi connectivity index (χ3v) is 19.6. The van der Waals surface area contributed by atoms with Gasteiger partial charge >= 0.3 is 0 Å². The van der Waals surface area contributed by atoms with Crippen LogP contribution in [0.25, 0.3) is 33.4 Å². The number of piperidine rings is 3. The second-order valence-corrected chi connectivity index (χ2v) is 27.3. The van der Waals surface area contributed by atoms with E-state index in [9.17, 15) is 41.9 Å². The molecule has 3 fully saturated rings. The van der Waals surface area contributed by atoms with E-state index in [-0.39, 0.29) is 87.7 Å². The Morgan fingerprint density at radius 2 is 0.686 bits per heavy atom. The first-order valence-corrected chi connectivity index (χ1v) is 34.4. The molecule has 12 rings (SSSR count). The average Bonchev–Trinajstić information content (AvgIpc) is 0.808. The SMILES string of the molecule is C[C@@H](NC(=O)c1ccc(-c2cc(C3CCN(C)C(=O)C3)cnc2N)cc1F)c1cccc(Cl)c1.C[C@@H](NC(=O)c1ccc(-c2cc([C@@H]3CCN(C)C(=O)C3)cnc2N)cc1F)c1cccc(Cl)c1.C[C@@H](NC(=O)c1ccc(-c2cc([C@H]3CCN(C)C(=O)C3)cnc2N)cc1F)c1cccc(Cl)c1. The first-order valence-electron chi connectivity index (χ1n) is 33.2. The van der Waals surface area contributed by atoms with Gasteiger partial charge in [-0.15, -0.1) is 0 Å². The molecule has 0 spiro atoms. The third-order valence-electron chi connectivity index (χ3n) is 18.9. The fraction of sp³-hybridized carbons (Fsp3) is 0.269. The lowest BCUT2D eigenvalue weighted by molar-refractivity contribution is -0.133. The molecule has 3 saturated heterocycles. The first-order chi connectivity index (χ1) is 48.7. The van der Waals surface area contributed by atoms with Gasteiger partial charge in [0.2, 0.25) is 17.7 Å². The molecule has 0 saturated carbocycles. The number of hydrogen-bond acceptors (Lipinski definition) is 12. The predicted molar refractivity (Wildman–Crippen MR) is 393 cm³/mol. The number of hydrogen-bond donors (Lipinski definition) is 6. The largest absolute Gasteiger partial charge is 0.383 e. The van der Waals surface area contributed by atoms with Gasteiger partial charge in [0, 0.05) is 110 Å². The zero-order valence-corrected chi connectivity index (χ0v) is 59.3. The van der Waals surface area contributed by atoms with Crippen molar-refractivity contribution in [2.75, 3.05) is 58.0 Å². The molecule has 0 aliphatic carbocycles. The number of nitrogens with zero attached hydrogens (tertiary/aromatic N) is 6. The molecule has 528 valence electrons. The number of likely N-dealkylation sites (tertiary alicyclic amines) is 3. The van der Waals surface area contributed by atoms with Gasteiger partial charge in [0.05, 0.1) is 34.8 Å². The Hall–Kier alpha value is -10.4. The van der Waals surface area contributed by atoms with E-state index in [2.05, 4.69) is 30.9 Å².